The summed E-state index contributed by atoms with van der Waals surface area (Å²) in [4.78, 5) is 21.9. The van der Waals surface area contributed by atoms with E-state index in [1.807, 2.05) is 0 Å². The molecule has 0 radical (unpaired) electrons. The lowest BCUT2D eigenvalue weighted by Gasteiger charge is -2.12. The molecule has 0 aliphatic carbocycles. The molecule has 0 spiro atoms. The molecule has 0 aromatic heterocycles. The van der Waals surface area contributed by atoms with Crippen molar-refractivity contribution in [1.82, 2.24) is 0 Å². The molecule has 1 fully saturated rings. The first kappa shape index (κ1) is 12.8. The largest absolute Gasteiger partial charge is 0.464 e. The average molecular weight is 272 g/mol. The fourth-order valence-corrected chi connectivity index (χ4v) is 1.91. The lowest BCUT2D eigenvalue weighted by atomic mass is 9.99. The van der Waals surface area contributed by atoms with E-state index in [2.05, 4.69) is 0 Å². The number of ether oxygens (including phenoxy) is 2. The lowest BCUT2D eigenvalue weighted by molar-refractivity contribution is -0.384. The highest BCUT2D eigenvalue weighted by atomic mass is 35.5. The number of non-ortho nitro benzene ring substituents is 1. The summed E-state index contributed by atoms with van der Waals surface area (Å²) >= 11 is 5.96. The van der Waals surface area contributed by atoms with Crippen LogP contribution in [0.25, 0.3) is 0 Å². The molecule has 1 aromatic rings. The van der Waals surface area contributed by atoms with Gasteiger partial charge in [0.05, 0.1) is 18.1 Å². The third-order valence-electron chi connectivity index (χ3n) is 2.63. The monoisotopic (exact) mass is 271 g/mol. The van der Waals surface area contributed by atoms with E-state index in [0.717, 1.165) is 0 Å². The van der Waals surface area contributed by atoms with Gasteiger partial charge < -0.3 is 9.47 Å². The number of benzene rings is 1. The molecule has 1 atom stereocenters. The Morgan fingerprint density at radius 3 is 2.83 bits per heavy atom. The van der Waals surface area contributed by atoms with Gasteiger partial charge in [0.2, 0.25) is 5.60 Å². The van der Waals surface area contributed by atoms with Gasteiger partial charge in [-0.1, -0.05) is 11.6 Å². The van der Waals surface area contributed by atoms with Gasteiger partial charge in [-0.2, -0.15) is 0 Å². The molecule has 1 saturated heterocycles. The van der Waals surface area contributed by atoms with Crippen molar-refractivity contribution < 1.29 is 19.2 Å². The van der Waals surface area contributed by atoms with Gasteiger partial charge in [0.15, 0.2) is 0 Å². The van der Waals surface area contributed by atoms with Crippen LogP contribution in [0.4, 0.5) is 5.69 Å². The van der Waals surface area contributed by atoms with Crippen molar-refractivity contribution in [1.29, 1.82) is 0 Å². The topological polar surface area (TPSA) is 82.0 Å². The van der Waals surface area contributed by atoms with E-state index in [9.17, 15) is 14.9 Å². The first-order valence-corrected chi connectivity index (χ1v) is 5.64. The van der Waals surface area contributed by atoms with Gasteiger partial charge in [-0.05, 0) is 13.0 Å². The van der Waals surface area contributed by atoms with Crippen LogP contribution >= 0.6 is 11.6 Å². The van der Waals surface area contributed by atoms with Gasteiger partial charge in [-0.3, -0.25) is 10.1 Å². The Labute approximate surface area is 108 Å². The summed E-state index contributed by atoms with van der Waals surface area (Å²) < 4.78 is 10.0. The van der Waals surface area contributed by atoms with Crippen LogP contribution in [0.5, 0.6) is 0 Å². The van der Waals surface area contributed by atoms with E-state index >= 15 is 0 Å². The Balaban J connectivity index is 2.41. The normalized spacial score (nSPS) is 21.4. The molecule has 7 heteroatoms. The number of hydrogen-bond acceptors (Lipinski definition) is 5. The Kier molecular flexibility index (Phi) is 3.23. The minimum absolute atomic E-state index is 0.118. The van der Waals surface area contributed by atoms with Gasteiger partial charge in [0.25, 0.3) is 5.69 Å². The molecule has 0 N–H and O–H groups in total. The molecule has 6 nitrogen and oxygen atoms in total. The van der Waals surface area contributed by atoms with Crippen molar-refractivity contribution in [3.05, 3.63) is 38.9 Å². The zero-order valence-corrected chi connectivity index (χ0v) is 10.3. The van der Waals surface area contributed by atoms with Gasteiger partial charge in [-0.25, -0.2) is 4.79 Å². The van der Waals surface area contributed by atoms with Crippen molar-refractivity contribution >= 4 is 23.3 Å². The summed E-state index contributed by atoms with van der Waals surface area (Å²) in [6.45, 7) is 1.99. The molecule has 0 saturated carbocycles. The highest BCUT2D eigenvalue weighted by molar-refractivity contribution is 6.31. The maximum Gasteiger partial charge on any atom is 0.345 e. The molecule has 1 aliphatic heterocycles. The number of carbonyl (C=O) groups excluding carboxylic acids is 1. The second-order valence-electron chi connectivity index (χ2n) is 3.76. The zero-order chi connectivity index (χ0) is 13.3. The number of nitrogens with zero attached hydrogens (tertiary/aromatic N) is 1. The lowest BCUT2D eigenvalue weighted by Crippen LogP contribution is -2.25. The first-order valence-electron chi connectivity index (χ1n) is 5.27. The van der Waals surface area contributed by atoms with E-state index in [0.29, 0.717) is 0 Å². The maximum absolute atomic E-state index is 11.8. The molecular formula is C11H10ClNO5. The standard InChI is InChI=1S/C11H10ClNO5/c1-2-17-10(14)11(6-18-11)8-5-7(13(15)16)3-4-9(8)12/h3-5H,2,6H2,1H3. The van der Waals surface area contributed by atoms with Crippen LogP contribution in [0.3, 0.4) is 0 Å². The number of esters is 1. The number of nitro groups is 1. The smallest absolute Gasteiger partial charge is 0.345 e. The van der Waals surface area contributed by atoms with Crippen LogP contribution in [-0.2, 0) is 19.9 Å². The van der Waals surface area contributed by atoms with Gasteiger partial charge >= 0.3 is 5.97 Å². The van der Waals surface area contributed by atoms with Crippen LogP contribution in [0.2, 0.25) is 5.02 Å². The number of nitro benzene ring substituents is 1. The molecule has 0 bridgehead atoms. The minimum Gasteiger partial charge on any atom is -0.464 e. The fourth-order valence-electron chi connectivity index (χ4n) is 1.64. The summed E-state index contributed by atoms with van der Waals surface area (Å²) in [5, 5.41) is 11.0. The van der Waals surface area contributed by atoms with E-state index in [1.54, 1.807) is 6.92 Å². The summed E-state index contributed by atoms with van der Waals surface area (Å²) in [7, 11) is 0. The molecule has 1 heterocycles. The zero-order valence-electron chi connectivity index (χ0n) is 9.51. The van der Waals surface area contributed by atoms with Crippen molar-refractivity contribution in [2.24, 2.45) is 0 Å². The van der Waals surface area contributed by atoms with Crippen LogP contribution in [0.15, 0.2) is 18.2 Å². The van der Waals surface area contributed by atoms with Crippen LogP contribution in [0.1, 0.15) is 12.5 Å². The molecule has 18 heavy (non-hydrogen) atoms. The second kappa shape index (κ2) is 4.55. The third-order valence-corrected chi connectivity index (χ3v) is 2.96. The predicted molar refractivity (Wildman–Crippen MR) is 62.4 cm³/mol. The number of halogens is 1. The summed E-state index contributed by atoms with van der Waals surface area (Å²) in [6.07, 6.45) is 0. The van der Waals surface area contributed by atoms with Gasteiger partial charge in [0, 0.05) is 22.7 Å². The Morgan fingerprint density at radius 2 is 2.33 bits per heavy atom. The first-order chi connectivity index (χ1) is 8.51. The summed E-state index contributed by atoms with van der Waals surface area (Å²) in [6, 6.07) is 3.89. The molecule has 96 valence electrons. The van der Waals surface area contributed by atoms with Crippen molar-refractivity contribution in [2.45, 2.75) is 12.5 Å². The molecular weight excluding hydrogens is 262 g/mol. The number of epoxide rings is 1. The van der Waals surface area contributed by atoms with Crippen LogP contribution < -0.4 is 0 Å². The van der Waals surface area contributed by atoms with Gasteiger partial charge in [0.1, 0.15) is 0 Å². The third kappa shape index (κ3) is 2.04. The van der Waals surface area contributed by atoms with Crippen LogP contribution in [-0.4, -0.2) is 24.1 Å². The molecule has 2 rings (SSSR count). The predicted octanol–water partition coefficient (Wildman–Crippen LogP) is 2.04. The number of hydrogen-bond donors (Lipinski definition) is 0. The average Bonchev–Trinajstić information content (AvgIpc) is 3.11. The highest BCUT2D eigenvalue weighted by Gasteiger charge is 2.57. The Hall–Kier alpha value is -1.66. The summed E-state index contributed by atoms with van der Waals surface area (Å²) in [5.74, 6) is -0.576. The molecule has 1 aliphatic rings. The van der Waals surface area contributed by atoms with E-state index in [1.165, 1.54) is 18.2 Å². The SMILES string of the molecule is CCOC(=O)C1(c2cc([N+](=O)[O-])ccc2Cl)CO1. The van der Waals surface area contributed by atoms with Crippen molar-refractivity contribution in [2.75, 3.05) is 13.2 Å². The fraction of sp³-hybridized carbons (Fsp3) is 0.364. The highest BCUT2D eigenvalue weighted by Crippen LogP contribution is 2.44. The molecule has 0 amide bonds. The minimum atomic E-state index is -1.28. The Bertz CT molecular complexity index is 512. The number of rotatable bonds is 4. The van der Waals surface area contributed by atoms with Crippen molar-refractivity contribution in [3.63, 3.8) is 0 Å². The Morgan fingerprint density at radius 1 is 1.67 bits per heavy atom. The van der Waals surface area contributed by atoms with E-state index < -0.39 is 16.5 Å². The number of carbonyl (C=O) groups is 1. The van der Waals surface area contributed by atoms with E-state index in [-0.39, 0.29) is 29.5 Å². The van der Waals surface area contributed by atoms with Crippen molar-refractivity contribution in [3.8, 4) is 0 Å². The van der Waals surface area contributed by atoms with Gasteiger partial charge in [-0.15, -0.1) is 0 Å². The second-order valence-corrected chi connectivity index (χ2v) is 4.16. The summed E-state index contributed by atoms with van der Waals surface area (Å²) in [5.41, 5.74) is -1.15. The molecule has 1 aromatic carbocycles. The van der Waals surface area contributed by atoms with Crippen LogP contribution in [0, 0.1) is 10.1 Å². The quantitative estimate of drug-likeness (QED) is 0.362. The molecule has 1 unspecified atom stereocenters. The maximum atomic E-state index is 11.8. The van der Waals surface area contributed by atoms with E-state index in [4.69, 9.17) is 21.1 Å².